The van der Waals surface area contributed by atoms with Crippen molar-refractivity contribution in [1.29, 1.82) is 0 Å². The van der Waals surface area contributed by atoms with Crippen LogP contribution in [0.3, 0.4) is 0 Å². The lowest BCUT2D eigenvalue weighted by molar-refractivity contribution is -0.138. The highest BCUT2D eigenvalue weighted by Gasteiger charge is 2.37. The van der Waals surface area contributed by atoms with Crippen molar-refractivity contribution in [3.63, 3.8) is 0 Å². The van der Waals surface area contributed by atoms with Crippen molar-refractivity contribution < 1.29 is 35.9 Å². The van der Waals surface area contributed by atoms with Gasteiger partial charge in [0.15, 0.2) is 0 Å². The summed E-state index contributed by atoms with van der Waals surface area (Å²) in [6.07, 6.45) is -9.26. The van der Waals surface area contributed by atoms with E-state index < -0.39 is 41.2 Å². The number of anilines is 2. The van der Waals surface area contributed by atoms with Gasteiger partial charge in [-0.3, -0.25) is 9.59 Å². The first-order valence-corrected chi connectivity index (χ1v) is 12.9. The van der Waals surface area contributed by atoms with Crippen molar-refractivity contribution in [2.75, 3.05) is 10.6 Å². The summed E-state index contributed by atoms with van der Waals surface area (Å²) in [5.41, 5.74) is -0.881. The molecule has 2 amide bonds. The number of dihydropyridines is 1. The van der Waals surface area contributed by atoms with E-state index in [4.69, 9.17) is 0 Å². The molecule has 0 fully saturated rings. The van der Waals surface area contributed by atoms with Crippen LogP contribution in [0.4, 0.5) is 37.7 Å². The van der Waals surface area contributed by atoms with Crippen LogP contribution in [0.1, 0.15) is 36.5 Å². The third kappa shape index (κ3) is 6.82. The molecule has 0 unspecified atom stereocenters. The van der Waals surface area contributed by atoms with E-state index in [0.717, 1.165) is 36.4 Å². The average Bonchev–Trinajstić information content (AvgIpc) is 2.87. The van der Waals surface area contributed by atoms with Crippen LogP contribution >= 0.6 is 15.9 Å². The average molecular weight is 638 g/mol. The van der Waals surface area contributed by atoms with Crippen LogP contribution in [-0.2, 0) is 21.9 Å². The maximum atomic E-state index is 13.6. The number of alkyl halides is 6. The smallest absolute Gasteiger partial charge is 0.362 e. The van der Waals surface area contributed by atoms with Gasteiger partial charge in [0.25, 0.3) is 11.8 Å². The molecule has 3 aromatic rings. The maximum absolute atomic E-state index is 13.6. The fourth-order valence-corrected chi connectivity index (χ4v) is 4.98. The van der Waals surface area contributed by atoms with Gasteiger partial charge in [0.05, 0.1) is 11.1 Å². The van der Waals surface area contributed by atoms with Crippen molar-refractivity contribution in [3.8, 4) is 0 Å². The summed E-state index contributed by atoms with van der Waals surface area (Å²) in [6, 6.07) is 15.0. The number of rotatable bonds is 5. The van der Waals surface area contributed by atoms with Crippen molar-refractivity contribution in [3.05, 3.63) is 116 Å². The minimum Gasteiger partial charge on any atom is -0.362 e. The van der Waals surface area contributed by atoms with Gasteiger partial charge in [-0.15, -0.1) is 0 Å². The molecule has 0 aromatic heterocycles. The highest BCUT2D eigenvalue weighted by atomic mass is 79.9. The highest BCUT2D eigenvalue weighted by Crippen LogP contribution is 2.40. The topological polar surface area (TPSA) is 70.2 Å². The zero-order valence-corrected chi connectivity index (χ0v) is 23.1. The molecule has 5 nitrogen and oxygen atoms in total. The molecule has 1 heterocycles. The summed E-state index contributed by atoms with van der Waals surface area (Å²) in [7, 11) is 0. The second-order valence-electron chi connectivity index (χ2n) is 9.26. The Bertz CT molecular complexity index is 1480. The quantitative estimate of drug-likeness (QED) is 0.248. The van der Waals surface area contributed by atoms with Crippen LogP contribution in [0.5, 0.6) is 0 Å². The third-order valence-electron chi connectivity index (χ3n) is 6.33. The number of halogens is 7. The van der Waals surface area contributed by atoms with Crippen LogP contribution in [0.2, 0.25) is 0 Å². The molecule has 1 aliphatic heterocycles. The summed E-state index contributed by atoms with van der Waals surface area (Å²) >= 11 is 3.37. The molecule has 3 N–H and O–H groups in total. The van der Waals surface area contributed by atoms with Gasteiger partial charge in [0, 0.05) is 44.3 Å². The maximum Gasteiger partial charge on any atom is 0.416 e. The van der Waals surface area contributed by atoms with E-state index in [1.165, 1.54) is 12.1 Å². The minimum atomic E-state index is -4.63. The highest BCUT2D eigenvalue weighted by molar-refractivity contribution is 9.10. The largest absolute Gasteiger partial charge is 0.416 e. The molecule has 3 aromatic carbocycles. The van der Waals surface area contributed by atoms with Crippen LogP contribution in [-0.4, -0.2) is 11.8 Å². The van der Waals surface area contributed by atoms with Crippen molar-refractivity contribution in [2.24, 2.45) is 0 Å². The molecular weight excluding hydrogens is 616 g/mol. The standard InChI is InChI=1S/C29H22BrF6N3O2/c1-15-23(26(40)38-21-10-4-7-18(13-21)28(31,32)33)25(17-6-3-9-20(30)12-17)24(16(2)37-15)27(41)39-22-11-5-8-19(14-22)29(34,35)36/h3-14,25,37H,1-2H3,(H,38,40)(H,39,41). The van der Waals surface area contributed by atoms with Crippen LogP contribution in [0.15, 0.2) is 99.8 Å². The van der Waals surface area contributed by atoms with Crippen molar-refractivity contribution in [2.45, 2.75) is 32.1 Å². The second-order valence-corrected chi connectivity index (χ2v) is 10.2. The molecule has 41 heavy (non-hydrogen) atoms. The number of amides is 2. The van der Waals surface area contributed by atoms with Crippen LogP contribution < -0.4 is 16.0 Å². The zero-order valence-electron chi connectivity index (χ0n) is 21.5. The number of hydrogen-bond donors (Lipinski definition) is 3. The Labute approximate surface area is 239 Å². The number of carbonyl (C=O) groups excluding carboxylic acids is 2. The Hall–Kier alpha value is -4.06. The number of hydrogen-bond acceptors (Lipinski definition) is 3. The Morgan fingerprint density at radius 2 is 1.15 bits per heavy atom. The van der Waals surface area contributed by atoms with Gasteiger partial charge >= 0.3 is 12.4 Å². The zero-order chi connectivity index (χ0) is 30.1. The molecule has 214 valence electrons. The van der Waals surface area contributed by atoms with E-state index in [9.17, 15) is 35.9 Å². The van der Waals surface area contributed by atoms with E-state index in [-0.39, 0.29) is 22.5 Å². The van der Waals surface area contributed by atoms with Gasteiger partial charge in [0.1, 0.15) is 0 Å². The second kappa shape index (κ2) is 11.4. The Kier molecular flexibility index (Phi) is 8.34. The van der Waals surface area contributed by atoms with E-state index in [0.29, 0.717) is 21.4 Å². The molecule has 0 saturated carbocycles. The molecule has 0 bridgehead atoms. The van der Waals surface area contributed by atoms with Crippen LogP contribution in [0, 0.1) is 0 Å². The molecular formula is C29H22BrF6N3O2. The number of benzene rings is 3. The summed E-state index contributed by atoms with van der Waals surface area (Å²) in [6.45, 7) is 3.16. The Morgan fingerprint density at radius 3 is 1.56 bits per heavy atom. The first-order valence-electron chi connectivity index (χ1n) is 12.1. The van der Waals surface area contributed by atoms with Gasteiger partial charge in [-0.25, -0.2) is 0 Å². The number of nitrogens with one attached hydrogen (secondary N) is 3. The lowest BCUT2D eigenvalue weighted by Gasteiger charge is -2.31. The summed E-state index contributed by atoms with van der Waals surface area (Å²) in [4.78, 5) is 27.2. The SMILES string of the molecule is CC1=C(C(=O)Nc2cccc(C(F)(F)F)c2)C(c2cccc(Br)c2)C(C(=O)Nc2cccc(C(F)(F)F)c2)=C(C)N1. The molecule has 0 saturated heterocycles. The molecule has 0 radical (unpaired) electrons. The fraction of sp³-hybridized carbons (Fsp3) is 0.172. The van der Waals surface area contributed by atoms with Crippen LogP contribution in [0.25, 0.3) is 0 Å². The van der Waals surface area contributed by atoms with Gasteiger partial charge < -0.3 is 16.0 Å². The number of allylic oxidation sites excluding steroid dienone is 2. The van der Waals surface area contributed by atoms with E-state index in [1.54, 1.807) is 38.1 Å². The Morgan fingerprint density at radius 1 is 0.707 bits per heavy atom. The number of carbonyl (C=O) groups is 2. The third-order valence-corrected chi connectivity index (χ3v) is 6.82. The molecule has 4 rings (SSSR count). The van der Waals surface area contributed by atoms with Gasteiger partial charge in [0.2, 0.25) is 0 Å². The first-order chi connectivity index (χ1) is 19.1. The lowest BCUT2D eigenvalue weighted by atomic mass is 9.79. The van der Waals surface area contributed by atoms with Gasteiger partial charge in [-0.05, 0) is 67.9 Å². The minimum absolute atomic E-state index is 0.0419. The van der Waals surface area contributed by atoms with Gasteiger partial charge in [-0.1, -0.05) is 40.2 Å². The molecule has 0 atom stereocenters. The molecule has 12 heteroatoms. The molecule has 0 spiro atoms. The van der Waals surface area contributed by atoms with E-state index >= 15 is 0 Å². The predicted molar refractivity (Wildman–Crippen MR) is 146 cm³/mol. The fourth-order valence-electron chi connectivity index (χ4n) is 4.56. The lowest BCUT2D eigenvalue weighted by Crippen LogP contribution is -2.35. The monoisotopic (exact) mass is 637 g/mol. The summed E-state index contributed by atoms with van der Waals surface area (Å²) in [5.74, 6) is -2.56. The van der Waals surface area contributed by atoms with Crippen molar-refractivity contribution in [1.82, 2.24) is 5.32 Å². The normalized spacial score (nSPS) is 14.6. The van der Waals surface area contributed by atoms with Gasteiger partial charge in [-0.2, -0.15) is 26.3 Å². The molecule has 1 aliphatic rings. The van der Waals surface area contributed by atoms with Crippen molar-refractivity contribution >= 4 is 39.1 Å². The first kappa shape index (κ1) is 29.9. The Balaban J connectivity index is 1.75. The van der Waals surface area contributed by atoms with E-state index in [1.807, 2.05) is 0 Å². The van der Waals surface area contributed by atoms with E-state index in [2.05, 4.69) is 31.9 Å². The predicted octanol–water partition coefficient (Wildman–Crippen LogP) is 8.00. The summed E-state index contributed by atoms with van der Waals surface area (Å²) in [5, 5.41) is 7.94. The molecule has 0 aliphatic carbocycles. The summed E-state index contributed by atoms with van der Waals surface area (Å²) < 4.78 is 80.1.